The fourth-order valence-corrected chi connectivity index (χ4v) is 3.26. The highest BCUT2D eigenvalue weighted by molar-refractivity contribution is 5.72. The molecule has 1 aliphatic rings. The first kappa shape index (κ1) is 18.7. The van der Waals surface area contributed by atoms with Gasteiger partial charge in [-0.1, -0.05) is 12.1 Å². The average Bonchev–Trinajstić information content (AvgIpc) is 2.56. The summed E-state index contributed by atoms with van der Waals surface area (Å²) in [5.41, 5.74) is 2.29. The van der Waals surface area contributed by atoms with Crippen molar-refractivity contribution in [2.24, 2.45) is 5.92 Å². The van der Waals surface area contributed by atoms with Gasteiger partial charge < -0.3 is 19.5 Å². The van der Waals surface area contributed by atoms with Crippen LogP contribution >= 0.6 is 0 Å². The van der Waals surface area contributed by atoms with Gasteiger partial charge in [0.15, 0.2) is 0 Å². The highest BCUT2D eigenvalue weighted by Gasteiger charge is 2.30. The Kier molecular flexibility index (Phi) is 7.06. The van der Waals surface area contributed by atoms with E-state index in [-0.39, 0.29) is 18.5 Å². The summed E-state index contributed by atoms with van der Waals surface area (Å²) in [6, 6.07) is 5.94. The number of hydrogen-bond acceptors (Lipinski definition) is 4. The van der Waals surface area contributed by atoms with E-state index in [0.29, 0.717) is 13.2 Å². The van der Waals surface area contributed by atoms with Crippen molar-refractivity contribution in [1.82, 2.24) is 0 Å². The van der Waals surface area contributed by atoms with E-state index in [4.69, 9.17) is 9.47 Å². The van der Waals surface area contributed by atoms with Crippen molar-refractivity contribution < 1.29 is 24.3 Å². The van der Waals surface area contributed by atoms with Crippen LogP contribution in [0.25, 0.3) is 0 Å². The van der Waals surface area contributed by atoms with E-state index < -0.39 is 6.10 Å². The molecular formula is C19H30NO4+. The molecule has 1 fully saturated rings. The Labute approximate surface area is 144 Å². The van der Waals surface area contributed by atoms with E-state index in [2.05, 4.69) is 0 Å². The van der Waals surface area contributed by atoms with E-state index in [1.807, 2.05) is 39.0 Å². The minimum Gasteiger partial charge on any atom is -0.490 e. The van der Waals surface area contributed by atoms with E-state index in [9.17, 15) is 9.90 Å². The minimum atomic E-state index is -0.541. The number of carbonyl (C=O) groups excluding carboxylic acids is 1. The number of aryl methyl sites for hydroxylation is 1. The van der Waals surface area contributed by atoms with Gasteiger partial charge in [-0.05, 0) is 50.8 Å². The molecule has 2 N–H and O–H groups in total. The minimum absolute atomic E-state index is 0.0409. The van der Waals surface area contributed by atoms with Gasteiger partial charge in [-0.2, -0.15) is 0 Å². The molecule has 5 heteroatoms. The lowest BCUT2D eigenvalue weighted by Crippen LogP contribution is -3.15. The number of quaternary nitrogens is 1. The lowest BCUT2D eigenvalue weighted by Gasteiger charge is -2.30. The van der Waals surface area contributed by atoms with Gasteiger partial charge in [0.25, 0.3) is 0 Å². The fourth-order valence-electron chi connectivity index (χ4n) is 3.26. The fraction of sp³-hybridized carbons (Fsp3) is 0.632. The third kappa shape index (κ3) is 5.21. The van der Waals surface area contributed by atoms with Crippen molar-refractivity contribution >= 4 is 5.97 Å². The molecule has 134 valence electrons. The zero-order chi connectivity index (χ0) is 17.5. The summed E-state index contributed by atoms with van der Waals surface area (Å²) in [7, 11) is 0. The smallest absolute Gasteiger partial charge is 0.314 e. The molecule has 0 bridgehead atoms. The maximum atomic E-state index is 11.9. The van der Waals surface area contributed by atoms with Crippen molar-refractivity contribution in [3.8, 4) is 5.75 Å². The van der Waals surface area contributed by atoms with Crippen molar-refractivity contribution in [3.63, 3.8) is 0 Å². The Bertz CT molecular complexity index is 546. The van der Waals surface area contributed by atoms with Crippen LogP contribution in [0.1, 0.15) is 30.9 Å². The predicted octanol–water partition coefficient (Wildman–Crippen LogP) is 0.901. The van der Waals surface area contributed by atoms with Crippen LogP contribution in [0.2, 0.25) is 0 Å². The Balaban J connectivity index is 1.80. The summed E-state index contributed by atoms with van der Waals surface area (Å²) in [6.45, 7) is 8.92. The maximum Gasteiger partial charge on any atom is 0.314 e. The molecule has 1 unspecified atom stereocenters. The van der Waals surface area contributed by atoms with Crippen LogP contribution in [0.4, 0.5) is 0 Å². The molecule has 1 aliphatic heterocycles. The normalized spacial score (nSPS) is 22.0. The summed E-state index contributed by atoms with van der Waals surface area (Å²) >= 11 is 0. The van der Waals surface area contributed by atoms with Crippen LogP contribution < -0.4 is 9.64 Å². The first-order valence-electron chi connectivity index (χ1n) is 8.88. The number of aliphatic hydroxyl groups excluding tert-OH is 1. The van der Waals surface area contributed by atoms with Gasteiger partial charge in [-0.3, -0.25) is 4.79 Å². The van der Waals surface area contributed by atoms with Crippen molar-refractivity contribution in [2.75, 3.05) is 32.8 Å². The second-order valence-electron chi connectivity index (χ2n) is 6.66. The molecule has 1 aromatic rings. The lowest BCUT2D eigenvalue weighted by molar-refractivity contribution is -0.910. The van der Waals surface area contributed by atoms with Crippen LogP contribution in [0.3, 0.4) is 0 Å². The average molecular weight is 336 g/mol. The third-order valence-corrected chi connectivity index (χ3v) is 4.75. The Morgan fingerprint density at radius 2 is 2.21 bits per heavy atom. The van der Waals surface area contributed by atoms with E-state index in [1.165, 1.54) is 10.5 Å². The predicted molar refractivity (Wildman–Crippen MR) is 92.3 cm³/mol. The number of esters is 1. The van der Waals surface area contributed by atoms with E-state index in [0.717, 1.165) is 37.2 Å². The highest BCUT2D eigenvalue weighted by Crippen LogP contribution is 2.20. The van der Waals surface area contributed by atoms with Crippen molar-refractivity contribution in [2.45, 2.75) is 39.7 Å². The van der Waals surface area contributed by atoms with Crippen LogP contribution in [0.5, 0.6) is 5.75 Å². The van der Waals surface area contributed by atoms with Gasteiger partial charge in [0.05, 0.1) is 19.7 Å². The Morgan fingerprint density at radius 3 is 2.96 bits per heavy atom. The molecule has 1 saturated heterocycles. The highest BCUT2D eigenvalue weighted by atomic mass is 16.5. The molecule has 5 nitrogen and oxygen atoms in total. The number of hydrogen-bond donors (Lipinski definition) is 2. The summed E-state index contributed by atoms with van der Waals surface area (Å²) in [6.07, 6.45) is 1.33. The van der Waals surface area contributed by atoms with Crippen molar-refractivity contribution in [3.05, 3.63) is 29.3 Å². The van der Waals surface area contributed by atoms with Crippen LogP contribution in [-0.2, 0) is 9.53 Å². The summed E-state index contributed by atoms with van der Waals surface area (Å²) in [5.74, 6) is 0.684. The molecule has 24 heavy (non-hydrogen) atoms. The van der Waals surface area contributed by atoms with Crippen LogP contribution in [0, 0.1) is 19.8 Å². The first-order valence-corrected chi connectivity index (χ1v) is 8.88. The summed E-state index contributed by atoms with van der Waals surface area (Å²) in [5, 5.41) is 10.3. The molecule has 1 heterocycles. The topological polar surface area (TPSA) is 60.2 Å². The lowest BCUT2D eigenvalue weighted by atomic mass is 9.98. The van der Waals surface area contributed by atoms with E-state index >= 15 is 0 Å². The second-order valence-corrected chi connectivity index (χ2v) is 6.66. The Hall–Kier alpha value is -1.59. The number of carbonyl (C=O) groups is 1. The SMILES string of the molecule is CCOC(=O)[C@@H]1CCC[NH+](C[C@H](O)COc2cccc(C)c2C)C1. The quantitative estimate of drug-likeness (QED) is 0.727. The third-order valence-electron chi connectivity index (χ3n) is 4.75. The van der Waals surface area contributed by atoms with Gasteiger partial charge in [0.2, 0.25) is 0 Å². The number of benzene rings is 1. The van der Waals surface area contributed by atoms with E-state index in [1.54, 1.807) is 0 Å². The van der Waals surface area contributed by atoms with Gasteiger partial charge in [-0.15, -0.1) is 0 Å². The van der Waals surface area contributed by atoms with Crippen molar-refractivity contribution in [1.29, 1.82) is 0 Å². The molecule has 0 amide bonds. The number of nitrogens with one attached hydrogen (secondary N) is 1. The number of likely N-dealkylation sites (tertiary alicyclic amines) is 1. The molecule has 1 aromatic carbocycles. The number of ether oxygens (including phenoxy) is 2. The molecule has 2 rings (SSSR count). The standard InChI is InChI=1S/C19H29NO4/c1-4-23-19(22)16-8-6-10-20(11-16)12-17(21)13-24-18-9-5-7-14(2)15(18)3/h5,7,9,16-17,21H,4,6,8,10-13H2,1-3H3/p+1/t16-,17+/m1/s1. The Morgan fingerprint density at radius 1 is 1.42 bits per heavy atom. The van der Waals surface area contributed by atoms with Crippen LogP contribution in [0.15, 0.2) is 18.2 Å². The number of rotatable bonds is 7. The molecule has 0 aliphatic carbocycles. The van der Waals surface area contributed by atoms with Crippen LogP contribution in [-0.4, -0.2) is 50.0 Å². The summed E-state index contributed by atoms with van der Waals surface area (Å²) in [4.78, 5) is 13.1. The molecule has 3 atom stereocenters. The van der Waals surface area contributed by atoms with Gasteiger partial charge in [0.1, 0.15) is 30.9 Å². The van der Waals surface area contributed by atoms with Gasteiger partial charge in [-0.25, -0.2) is 0 Å². The molecule has 0 saturated carbocycles. The van der Waals surface area contributed by atoms with Gasteiger partial charge >= 0.3 is 5.97 Å². The molecule has 0 spiro atoms. The summed E-state index contributed by atoms with van der Waals surface area (Å²) < 4.78 is 10.9. The maximum absolute atomic E-state index is 11.9. The zero-order valence-electron chi connectivity index (χ0n) is 15.0. The monoisotopic (exact) mass is 336 g/mol. The molecule has 0 radical (unpaired) electrons. The number of aliphatic hydroxyl groups is 1. The molecule has 0 aromatic heterocycles. The largest absolute Gasteiger partial charge is 0.490 e. The first-order chi connectivity index (χ1) is 11.5. The second kappa shape index (κ2) is 9.04. The van der Waals surface area contributed by atoms with Gasteiger partial charge in [0, 0.05) is 0 Å². The number of piperidine rings is 1. The zero-order valence-corrected chi connectivity index (χ0v) is 15.0. The molecular weight excluding hydrogens is 306 g/mol.